The summed E-state index contributed by atoms with van der Waals surface area (Å²) in [4.78, 5) is 36.0. The maximum Gasteiger partial charge on any atom is 0.316 e. The number of esters is 1. The molecule has 1 heterocycles. The number of hydrogen-bond acceptors (Lipinski definition) is 5. The van der Waals surface area contributed by atoms with Gasteiger partial charge in [-0.15, -0.1) is 11.8 Å². The third-order valence-corrected chi connectivity index (χ3v) is 4.48. The van der Waals surface area contributed by atoms with Crippen molar-refractivity contribution in [2.75, 3.05) is 12.4 Å². The van der Waals surface area contributed by atoms with Crippen LogP contribution in [0.5, 0.6) is 0 Å². The lowest BCUT2D eigenvalue weighted by Gasteiger charge is -2.06. The first-order valence-corrected chi connectivity index (χ1v) is 8.73. The van der Waals surface area contributed by atoms with Crippen molar-refractivity contribution in [2.45, 2.75) is 4.90 Å². The number of thioether (sulfide) groups is 1. The Morgan fingerprint density at radius 3 is 2.54 bits per heavy atom. The van der Waals surface area contributed by atoms with Crippen LogP contribution in [0.15, 0.2) is 52.0 Å². The maximum atomic E-state index is 11.8. The van der Waals surface area contributed by atoms with Crippen LogP contribution >= 0.6 is 27.7 Å². The Morgan fingerprint density at radius 1 is 1.21 bits per heavy atom. The van der Waals surface area contributed by atoms with E-state index in [0.717, 1.165) is 9.37 Å². The highest BCUT2D eigenvalue weighted by molar-refractivity contribution is 9.10. The quantitative estimate of drug-likeness (QED) is 0.584. The van der Waals surface area contributed by atoms with Gasteiger partial charge in [0.05, 0.1) is 5.75 Å². The molecule has 0 spiro atoms. The van der Waals surface area contributed by atoms with Crippen molar-refractivity contribution in [3.63, 3.8) is 0 Å². The molecular weight excluding hydrogens is 396 g/mol. The van der Waals surface area contributed by atoms with E-state index in [0.29, 0.717) is 5.69 Å². The minimum atomic E-state index is -0.664. The van der Waals surface area contributed by atoms with E-state index in [1.54, 1.807) is 29.9 Å². The molecule has 2 amide bonds. The number of hydrogen-bond donors (Lipinski definition) is 1. The predicted octanol–water partition coefficient (Wildman–Crippen LogP) is 2.38. The Bertz CT molecular complexity index is 743. The molecule has 1 aromatic heterocycles. The van der Waals surface area contributed by atoms with Gasteiger partial charge in [0.15, 0.2) is 6.61 Å². The molecule has 8 heteroatoms. The van der Waals surface area contributed by atoms with Crippen LogP contribution < -0.4 is 5.32 Å². The van der Waals surface area contributed by atoms with Gasteiger partial charge in [0, 0.05) is 22.6 Å². The Labute approximate surface area is 151 Å². The number of halogens is 1. The van der Waals surface area contributed by atoms with Crippen molar-refractivity contribution in [3.8, 4) is 0 Å². The number of carbonyl (C=O) groups excluding carboxylic acids is 3. The van der Waals surface area contributed by atoms with Gasteiger partial charge >= 0.3 is 5.97 Å². The molecule has 6 nitrogen and oxygen atoms in total. The van der Waals surface area contributed by atoms with Crippen LogP contribution in [0.1, 0.15) is 10.5 Å². The van der Waals surface area contributed by atoms with Crippen molar-refractivity contribution >= 4 is 45.5 Å². The van der Waals surface area contributed by atoms with E-state index in [-0.39, 0.29) is 5.75 Å². The fourth-order valence-corrected chi connectivity index (χ4v) is 2.75. The molecule has 0 atom stereocenters. The molecular formula is C16H15BrN2O4S. The average molecular weight is 411 g/mol. The fraction of sp³-hybridized carbons (Fsp3) is 0.188. The van der Waals surface area contributed by atoms with Crippen LogP contribution in [0.2, 0.25) is 0 Å². The number of amides is 2. The zero-order valence-corrected chi connectivity index (χ0v) is 15.2. The van der Waals surface area contributed by atoms with Crippen molar-refractivity contribution in [1.29, 1.82) is 0 Å². The molecule has 1 aromatic carbocycles. The zero-order chi connectivity index (χ0) is 17.5. The normalized spacial score (nSPS) is 10.2. The summed E-state index contributed by atoms with van der Waals surface area (Å²) in [7, 11) is 1.69. The summed E-state index contributed by atoms with van der Waals surface area (Å²) in [6.07, 6.45) is 1.69. The number of ether oxygens (including phenoxy) is 1. The second kappa shape index (κ2) is 8.70. The summed E-state index contributed by atoms with van der Waals surface area (Å²) in [6, 6.07) is 10.8. The maximum absolute atomic E-state index is 11.8. The zero-order valence-electron chi connectivity index (χ0n) is 12.8. The summed E-state index contributed by atoms with van der Waals surface area (Å²) in [5, 5.41) is 2.17. The van der Waals surface area contributed by atoms with Crippen LogP contribution in [0.4, 0.5) is 0 Å². The van der Waals surface area contributed by atoms with Crippen molar-refractivity contribution < 1.29 is 19.1 Å². The molecule has 0 radical (unpaired) electrons. The molecule has 2 aromatic rings. The number of aromatic nitrogens is 1. The van der Waals surface area contributed by atoms with E-state index in [1.807, 2.05) is 24.3 Å². The lowest BCUT2D eigenvalue weighted by molar-refractivity contribution is -0.145. The van der Waals surface area contributed by atoms with Crippen molar-refractivity contribution in [2.24, 2.45) is 7.05 Å². The highest BCUT2D eigenvalue weighted by Gasteiger charge is 2.14. The summed E-state index contributed by atoms with van der Waals surface area (Å²) in [6.45, 7) is -0.490. The minimum absolute atomic E-state index is 0.0840. The molecule has 0 aliphatic rings. The Kier molecular flexibility index (Phi) is 6.62. The lowest BCUT2D eigenvalue weighted by Crippen LogP contribution is -2.35. The number of imide groups is 1. The van der Waals surface area contributed by atoms with E-state index in [1.165, 1.54) is 11.8 Å². The first-order valence-electron chi connectivity index (χ1n) is 6.95. The number of benzene rings is 1. The average Bonchev–Trinajstić information content (AvgIpc) is 2.98. The van der Waals surface area contributed by atoms with E-state index >= 15 is 0 Å². The first-order chi connectivity index (χ1) is 11.5. The summed E-state index contributed by atoms with van der Waals surface area (Å²) < 4.78 is 7.40. The van der Waals surface area contributed by atoms with Gasteiger partial charge in [-0.25, -0.2) is 0 Å². The topological polar surface area (TPSA) is 77.4 Å². The number of rotatable bonds is 6. The highest BCUT2D eigenvalue weighted by Crippen LogP contribution is 2.20. The molecule has 2 rings (SSSR count). The number of carbonyl (C=O) groups is 3. The van der Waals surface area contributed by atoms with Gasteiger partial charge in [0.25, 0.3) is 11.8 Å². The van der Waals surface area contributed by atoms with Crippen LogP contribution in [0.3, 0.4) is 0 Å². The third kappa shape index (κ3) is 5.54. The Balaban J connectivity index is 1.71. The molecule has 0 fully saturated rings. The van der Waals surface area contributed by atoms with Crippen molar-refractivity contribution in [3.05, 3.63) is 52.8 Å². The predicted molar refractivity (Wildman–Crippen MR) is 93.7 cm³/mol. The monoisotopic (exact) mass is 410 g/mol. The van der Waals surface area contributed by atoms with Crippen LogP contribution in [-0.2, 0) is 21.4 Å². The largest absolute Gasteiger partial charge is 0.455 e. The molecule has 0 unspecified atom stereocenters. The smallest absolute Gasteiger partial charge is 0.316 e. The van der Waals surface area contributed by atoms with Gasteiger partial charge in [-0.3, -0.25) is 19.7 Å². The minimum Gasteiger partial charge on any atom is -0.455 e. The molecule has 0 aliphatic carbocycles. The molecule has 0 bridgehead atoms. The summed E-state index contributed by atoms with van der Waals surface area (Å²) in [5.41, 5.74) is 0.348. The Hall–Kier alpha value is -2.06. The second-order valence-corrected chi connectivity index (χ2v) is 6.75. The van der Waals surface area contributed by atoms with Gasteiger partial charge in [0.1, 0.15) is 5.69 Å². The van der Waals surface area contributed by atoms with Gasteiger partial charge < -0.3 is 9.30 Å². The van der Waals surface area contributed by atoms with Gasteiger partial charge in [-0.05, 0) is 36.4 Å². The van der Waals surface area contributed by atoms with E-state index in [4.69, 9.17) is 4.74 Å². The van der Waals surface area contributed by atoms with E-state index in [9.17, 15) is 14.4 Å². The molecule has 126 valence electrons. The molecule has 1 N–H and O–H groups in total. The van der Waals surface area contributed by atoms with E-state index < -0.39 is 24.4 Å². The standard InChI is InChI=1S/C16H15BrN2O4S/c1-19-8-2-3-13(19)16(22)18-14(20)9-23-15(21)10-24-12-6-4-11(17)5-7-12/h2-8H,9-10H2,1H3,(H,18,20,22). The van der Waals surface area contributed by atoms with Gasteiger partial charge in [-0.1, -0.05) is 15.9 Å². The second-order valence-electron chi connectivity index (χ2n) is 4.78. The van der Waals surface area contributed by atoms with Gasteiger partial charge in [0.2, 0.25) is 0 Å². The number of nitrogens with one attached hydrogen (secondary N) is 1. The molecule has 24 heavy (non-hydrogen) atoms. The van der Waals surface area contributed by atoms with Crippen LogP contribution in [-0.4, -0.2) is 34.7 Å². The SMILES string of the molecule is Cn1cccc1C(=O)NC(=O)COC(=O)CSc1ccc(Br)cc1. The third-order valence-electron chi connectivity index (χ3n) is 2.96. The lowest BCUT2D eigenvalue weighted by atomic mass is 10.4. The van der Waals surface area contributed by atoms with Crippen LogP contribution in [0, 0.1) is 0 Å². The van der Waals surface area contributed by atoms with Crippen molar-refractivity contribution in [1.82, 2.24) is 9.88 Å². The first kappa shape index (κ1) is 18.3. The molecule has 0 aliphatic heterocycles. The van der Waals surface area contributed by atoms with E-state index in [2.05, 4.69) is 21.2 Å². The fourth-order valence-electron chi connectivity index (χ4n) is 1.78. The van der Waals surface area contributed by atoms with Gasteiger partial charge in [-0.2, -0.15) is 0 Å². The molecule has 0 saturated heterocycles. The Morgan fingerprint density at radius 2 is 1.92 bits per heavy atom. The molecule has 0 saturated carbocycles. The highest BCUT2D eigenvalue weighted by atomic mass is 79.9. The summed E-state index contributed by atoms with van der Waals surface area (Å²) >= 11 is 4.64. The van der Waals surface area contributed by atoms with Crippen LogP contribution in [0.25, 0.3) is 0 Å². The summed E-state index contributed by atoms with van der Waals surface area (Å²) in [5.74, 6) is -1.64. The number of nitrogens with zero attached hydrogens (tertiary/aromatic N) is 1. The number of aryl methyl sites for hydroxylation is 1.